The molecular weight excluding hydrogens is 373 g/mol. The lowest BCUT2D eigenvalue weighted by atomic mass is 10.0. The Morgan fingerprint density at radius 2 is 1.81 bits per heavy atom. The lowest BCUT2D eigenvalue weighted by Gasteiger charge is -2.18. The Kier molecular flexibility index (Phi) is 6.68. The van der Waals surface area contributed by atoms with Gasteiger partial charge in [0.2, 0.25) is 0 Å². The van der Waals surface area contributed by atoms with Gasteiger partial charge in [-0.2, -0.15) is 0 Å². The van der Waals surface area contributed by atoms with Gasteiger partial charge in [-0.3, -0.25) is 9.59 Å². The first-order chi connectivity index (χ1) is 12.7. The van der Waals surface area contributed by atoms with Gasteiger partial charge in [-0.05, 0) is 35.4 Å². The highest BCUT2D eigenvalue weighted by molar-refractivity contribution is 7.89. The molecule has 0 unspecified atom stereocenters. The number of amides is 1. The fourth-order valence-electron chi connectivity index (χ4n) is 2.54. The normalized spacial score (nSPS) is 12.3. The summed E-state index contributed by atoms with van der Waals surface area (Å²) in [5, 5.41) is 2.71. The van der Waals surface area contributed by atoms with Crippen molar-refractivity contribution in [2.45, 2.75) is 18.2 Å². The molecule has 0 aliphatic carbocycles. The highest BCUT2D eigenvalue weighted by Gasteiger charge is 2.20. The number of carbonyl (C=O) groups is 2. The summed E-state index contributed by atoms with van der Waals surface area (Å²) in [6, 6.07) is 10.9. The van der Waals surface area contributed by atoms with Crippen LogP contribution in [0.2, 0.25) is 0 Å². The number of halogens is 1. The van der Waals surface area contributed by atoms with E-state index in [0.29, 0.717) is 11.1 Å². The van der Waals surface area contributed by atoms with E-state index in [1.165, 1.54) is 37.4 Å². The maximum atomic E-state index is 13.2. The van der Waals surface area contributed by atoms with Gasteiger partial charge in [-0.25, -0.2) is 12.8 Å². The largest absolute Gasteiger partial charge is 0.469 e. The molecule has 27 heavy (non-hydrogen) atoms. The quantitative estimate of drug-likeness (QED) is 0.730. The Labute approximate surface area is 157 Å². The van der Waals surface area contributed by atoms with Crippen LogP contribution in [-0.2, 0) is 25.1 Å². The molecule has 2 aromatic carbocycles. The fourth-order valence-corrected chi connectivity index (χ4v) is 3.33. The van der Waals surface area contributed by atoms with Crippen molar-refractivity contribution in [3.63, 3.8) is 0 Å². The van der Waals surface area contributed by atoms with Gasteiger partial charge in [-0.1, -0.05) is 24.3 Å². The highest BCUT2D eigenvalue weighted by Crippen LogP contribution is 2.19. The first kappa shape index (κ1) is 20.6. The molecule has 0 spiro atoms. The summed E-state index contributed by atoms with van der Waals surface area (Å²) in [5.41, 5.74) is 1.28. The summed E-state index contributed by atoms with van der Waals surface area (Å²) in [6.45, 7) is 0. The van der Waals surface area contributed by atoms with Crippen LogP contribution in [0, 0.1) is 5.82 Å². The number of ether oxygens (including phenoxy) is 1. The highest BCUT2D eigenvalue weighted by atomic mass is 32.2. The Bertz CT molecular complexity index is 925. The van der Waals surface area contributed by atoms with Crippen molar-refractivity contribution in [1.82, 2.24) is 5.32 Å². The molecule has 0 saturated heterocycles. The third-order valence-electron chi connectivity index (χ3n) is 3.79. The van der Waals surface area contributed by atoms with E-state index >= 15 is 0 Å². The molecule has 0 aliphatic heterocycles. The summed E-state index contributed by atoms with van der Waals surface area (Å²) in [4.78, 5) is 24.3. The Hall–Kier alpha value is -2.74. The summed E-state index contributed by atoms with van der Waals surface area (Å²) < 4.78 is 40.7. The Morgan fingerprint density at radius 1 is 1.15 bits per heavy atom. The van der Waals surface area contributed by atoms with Crippen molar-refractivity contribution in [2.75, 3.05) is 13.4 Å². The minimum Gasteiger partial charge on any atom is -0.469 e. The van der Waals surface area contributed by atoms with Gasteiger partial charge in [0.15, 0.2) is 9.84 Å². The van der Waals surface area contributed by atoms with E-state index in [-0.39, 0.29) is 17.7 Å². The first-order valence-electron chi connectivity index (χ1n) is 8.08. The maximum Gasteiger partial charge on any atom is 0.307 e. The van der Waals surface area contributed by atoms with Crippen LogP contribution in [0.3, 0.4) is 0 Å². The molecule has 2 aromatic rings. The molecule has 0 heterocycles. The first-order valence-corrected chi connectivity index (χ1v) is 10.1. The lowest BCUT2D eigenvalue weighted by molar-refractivity contribution is -0.141. The summed E-state index contributed by atoms with van der Waals surface area (Å²) in [7, 11) is -2.00. The van der Waals surface area contributed by atoms with Crippen molar-refractivity contribution in [1.29, 1.82) is 0 Å². The lowest BCUT2D eigenvalue weighted by Crippen LogP contribution is -2.30. The molecule has 0 aliphatic rings. The number of methoxy groups -OCH3 is 1. The molecule has 0 saturated carbocycles. The van der Waals surface area contributed by atoms with E-state index in [2.05, 4.69) is 10.1 Å². The second-order valence-corrected chi connectivity index (χ2v) is 8.27. The van der Waals surface area contributed by atoms with Crippen LogP contribution >= 0.6 is 0 Å². The predicted octanol–water partition coefficient (Wildman–Crippen LogP) is 2.40. The van der Waals surface area contributed by atoms with Crippen LogP contribution < -0.4 is 5.32 Å². The SMILES string of the molecule is COC(=O)C[C@H](NC(=O)c1cccc(CS(C)(=O)=O)c1)c1ccc(F)cc1. The van der Waals surface area contributed by atoms with E-state index in [1.54, 1.807) is 18.2 Å². The molecule has 8 heteroatoms. The van der Waals surface area contributed by atoms with Gasteiger partial charge in [0.05, 0.1) is 25.3 Å². The number of carbonyl (C=O) groups excluding carboxylic acids is 2. The molecule has 1 amide bonds. The van der Waals surface area contributed by atoms with Crippen LogP contribution in [0.1, 0.15) is 33.9 Å². The molecule has 2 rings (SSSR count). The molecule has 6 nitrogen and oxygen atoms in total. The number of benzene rings is 2. The number of hydrogen-bond donors (Lipinski definition) is 1. The zero-order chi connectivity index (χ0) is 20.0. The average molecular weight is 393 g/mol. The van der Waals surface area contributed by atoms with Crippen LogP contribution in [-0.4, -0.2) is 33.7 Å². The number of nitrogens with one attached hydrogen (secondary N) is 1. The van der Waals surface area contributed by atoms with Gasteiger partial charge in [0.1, 0.15) is 5.82 Å². The van der Waals surface area contributed by atoms with Crippen molar-refractivity contribution in [3.05, 3.63) is 71.0 Å². The number of hydrogen-bond acceptors (Lipinski definition) is 5. The zero-order valence-electron chi connectivity index (χ0n) is 14.9. The Morgan fingerprint density at radius 3 is 2.41 bits per heavy atom. The van der Waals surface area contributed by atoms with E-state index < -0.39 is 33.6 Å². The van der Waals surface area contributed by atoms with Gasteiger partial charge in [0, 0.05) is 11.8 Å². The molecule has 0 radical (unpaired) electrons. The van der Waals surface area contributed by atoms with Crippen LogP contribution in [0.25, 0.3) is 0 Å². The molecule has 0 fully saturated rings. The fraction of sp³-hybridized carbons (Fsp3) is 0.263. The predicted molar refractivity (Wildman–Crippen MR) is 98.2 cm³/mol. The molecular formula is C19H20FNO5S. The van der Waals surface area contributed by atoms with Crippen molar-refractivity contribution in [2.24, 2.45) is 0 Å². The minimum absolute atomic E-state index is 0.128. The van der Waals surface area contributed by atoms with E-state index in [9.17, 15) is 22.4 Å². The number of rotatable bonds is 7. The molecule has 0 bridgehead atoms. The number of esters is 1. The summed E-state index contributed by atoms with van der Waals surface area (Å²) >= 11 is 0. The third-order valence-corrected chi connectivity index (χ3v) is 4.65. The standard InChI is InChI=1S/C19H20FNO5S/c1-26-18(22)11-17(14-6-8-16(20)9-7-14)21-19(23)15-5-3-4-13(10-15)12-27(2,24)25/h3-10,17H,11-12H2,1-2H3,(H,21,23)/t17-/m0/s1. The van der Waals surface area contributed by atoms with Crippen molar-refractivity contribution >= 4 is 21.7 Å². The summed E-state index contributed by atoms with van der Waals surface area (Å²) in [5.74, 6) is -1.63. The maximum absolute atomic E-state index is 13.2. The van der Waals surface area contributed by atoms with E-state index in [4.69, 9.17) is 0 Å². The smallest absolute Gasteiger partial charge is 0.307 e. The third kappa shape index (κ3) is 6.49. The molecule has 1 atom stereocenters. The van der Waals surface area contributed by atoms with Gasteiger partial charge in [0.25, 0.3) is 5.91 Å². The zero-order valence-corrected chi connectivity index (χ0v) is 15.8. The van der Waals surface area contributed by atoms with E-state index in [1.807, 2.05) is 0 Å². The van der Waals surface area contributed by atoms with Gasteiger partial charge < -0.3 is 10.1 Å². The summed E-state index contributed by atoms with van der Waals surface area (Å²) in [6.07, 6.45) is 0.984. The average Bonchev–Trinajstić information content (AvgIpc) is 2.60. The van der Waals surface area contributed by atoms with Crippen molar-refractivity contribution in [3.8, 4) is 0 Å². The second-order valence-electron chi connectivity index (χ2n) is 6.13. The van der Waals surface area contributed by atoms with Crippen LogP contribution in [0.5, 0.6) is 0 Å². The monoisotopic (exact) mass is 393 g/mol. The van der Waals surface area contributed by atoms with Gasteiger partial charge in [-0.15, -0.1) is 0 Å². The van der Waals surface area contributed by atoms with Gasteiger partial charge >= 0.3 is 5.97 Å². The second kappa shape index (κ2) is 8.77. The van der Waals surface area contributed by atoms with E-state index in [0.717, 1.165) is 6.26 Å². The van der Waals surface area contributed by atoms with Crippen LogP contribution in [0.15, 0.2) is 48.5 Å². The molecule has 1 N–H and O–H groups in total. The number of sulfone groups is 1. The molecule has 144 valence electrons. The van der Waals surface area contributed by atoms with Crippen molar-refractivity contribution < 1.29 is 27.1 Å². The Balaban J connectivity index is 2.23. The molecule has 0 aromatic heterocycles. The minimum atomic E-state index is -3.24. The van der Waals surface area contributed by atoms with Crippen LogP contribution in [0.4, 0.5) is 4.39 Å². The topological polar surface area (TPSA) is 89.5 Å².